The first-order valence-corrected chi connectivity index (χ1v) is 4.56. The van der Waals surface area contributed by atoms with Crippen LogP contribution in [0.5, 0.6) is 0 Å². The minimum absolute atomic E-state index is 0.0799. The van der Waals surface area contributed by atoms with E-state index in [4.69, 9.17) is 0 Å². The third kappa shape index (κ3) is 2.49. The predicted octanol–water partition coefficient (Wildman–Crippen LogP) is 1.02. The first-order valence-electron chi connectivity index (χ1n) is 3.33. The second kappa shape index (κ2) is 4.33. The van der Waals surface area contributed by atoms with Crippen molar-refractivity contribution in [1.82, 2.24) is 5.43 Å². The van der Waals surface area contributed by atoms with Gasteiger partial charge in [-0.3, -0.25) is 14.8 Å². The van der Waals surface area contributed by atoms with Crippen LogP contribution in [0.15, 0.2) is 10.1 Å². The number of hydrogen-bond donors (Lipinski definition) is 1. The van der Waals surface area contributed by atoms with Gasteiger partial charge in [0.2, 0.25) is 0 Å². The van der Waals surface area contributed by atoms with E-state index in [0.717, 1.165) is 5.17 Å². The van der Waals surface area contributed by atoms with Crippen LogP contribution in [0, 0.1) is 0 Å². The largest absolute Gasteiger partial charge is 0.256 e. The van der Waals surface area contributed by atoms with Gasteiger partial charge in [0.1, 0.15) is 0 Å². The van der Waals surface area contributed by atoms with Gasteiger partial charge in [-0.05, 0) is 6.26 Å². The maximum atomic E-state index is 11.9. The van der Waals surface area contributed by atoms with Crippen LogP contribution in [0.2, 0.25) is 0 Å². The molecular weight excluding hydrogens is 165 g/mol. The smallest absolute Gasteiger partial charge is 0.177 e. The van der Waals surface area contributed by atoms with E-state index < -0.39 is 0 Å². The van der Waals surface area contributed by atoms with Crippen molar-refractivity contribution < 1.29 is 4.39 Å². The molecular formula is C6H10FN3S. The predicted molar refractivity (Wildman–Crippen MR) is 47.0 cm³/mol. The van der Waals surface area contributed by atoms with Gasteiger partial charge < -0.3 is 0 Å². The van der Waals surface area contributed by atoms with Gasteiger partial charge in [0.25, 0.3) is 0 Å². The molecule has 1 aliphatic rings. The Morgan fingerprint density at radius 2 is 2.64 bits per heavy atom. The first-order chi connectivity index (χ1) is 5.36. The fraction of sp³-hybridized carbons (Fsp3) is 0.667. The summed E-state index contributed by atoms with van der Waals surface area (Å²) in [5.41, 5.74) is 2.72. The number of nitrogens with zero attached hydrogens (tertiary/aromatic N) is 2. The number of nitrogens with one attached hydrogen (secondary N) is 1. The molecule has 11 heavy (non-hydrogen) atoms. The Morgan fingerprint density at radius 1 is 1.82 bits per heavy atom. The second-order valence-corrected chi connectivity index (χ2v) is 2.87. The summed E-state index contributed by atoms with van der Waals surface area (Å²) in [6.45, 7) is -0.345. The highest BCUT2D eigenvalue weighted by atomic mass is 32.2. The van der Waals surface area contributed by atoms with Crippen LogP contribution < -0.4 is 5.43 Å². The average Bonchev–Trinajstić information content (AvgIpc) is 2.06. The number of hydrogen-bond acceptors (Lipinski definition) is 4. The van der Waals surface area contributed by atoms with Crippen LogP contribution in [0.25, 0.3) is 0 Å². The molecule has 0 radical (unpaired) electrons. The molecule has 0 amide bonds. The summed E-state index contributed by atoms with van der Waals surface area (Å²) < 4.78 is 11.9. The molecule has 3 nitrogen and oxygen atoms in total. The molecule has 1 unspecified atom stereocenters. The lowest BCUT2D eigenvalue weighted by Crippen LogP contribution is -2.24. The van der Waals surface area contributed by atoms with Crippen LogP contribution >= 0.6 is 11.8 Å². The average molecular weight is 175 g/mol. The van der Waals surface area contributed by atoms with Gasteiger partial charge in [0.05, 0.1) is 12.7 Å². The highest BCUT2D eigenvalue weighted by molar-refractivity contribution is 8.13. The van der Waals surface area contributed by atoms with Crippen LogP contribution in [-0.2, 0) is 0 Å². The van der Waals surface area contributed by atoms with Crippen molar-refractivity contribution in [1.29, 1.82) is 0 Å². The van der Waals surface area contributed by atoms with Crippen molar-refractivity contribution >= 4 is 23.1 Å². The van der Waals surface area contributed by atoms with E-state index in [1.54, 1.807) is 6.21 Å². The zero-order valence-corrected chi connectivity index (χ0v) is 7.07. The summed E-state index contributed by atoms with van der Waals surface area (Å²) in [6, 6.07) is -0.0799. The molecule has 0 saturated carbocycles. The fourth-order valence-electron chi connectivity index (χ4n) is 0.741. The molecule has 0 aromatic rings. The van der Waals surface area contributed by atoms with Crippen LogP contribution in [0.1, 0.15) is 6.42 Å². The number of aliphatic imine (C=N–C) groups is 1. The molecule has 1 heterocycles. The van der Waals surface area contributed by atoms with E-state index in [-0.39, 0.29) is 12.7 Å². The van der Waals surface area contributed by atoms with E-state index in [2.05, 4.69) is 15.5 Å². The van der Waals surface area contributed by atoms with Gasteiger partial charge in [0, 0.05) is 12.6 Å². The summed E-state index contributed by atoms with van der Waals surface area (Å²) in [5, 5.41) is 4.59. The Labute approximate surface area is 69.2 Å². The lowest BCUT2D eigenvalue weighted by Gasteiger charge is -2.12. The number of thioether (sulfide) groups is 1. The van der Waals surface area contributed by atoms with Crippen molar-refractivity contribution in [2.75, 3.05) is 12.9 Å². The zero-order valence-electron chi connectivity index (χ0n) is 6.25. The van der Waals surface area contributed by atoms with E-state index in [9.17, 15) is 4.39 Å². The highest BCUT2D eigenvalue weighted by Crippen LogP contribution is 2.05. The fourth-order valence-corrected chi connectivity index (χ4v) is 1.13. The third-order valence-electron chi connectivity index (χ3n) is 1.29. The minimum Gasteiger partial charge on any atom is -0.256 e. The lowest BCUT2D eigenvalue weighted by molar-refractivity contribution is 0.464. The Balaban J connectivity index is 2.47. The topological polar surface area (TPSA) is 36.8 Å². The Bertz CT molecular complexity index is 181. The molecule has 0 bridgehead atoms. The molecule has 0 spiro atoms. The molecule has 0 saturated heterocycles. The Kier molecular flexibility index (Phi) is 3.35. The summed E-state index contributed by atoms with van der Waals surface area (Å²) >= 11 is 1.48. The van der Waals surface area contributed by atoms with Crippen molar-refractivity contribution in [2.45, 2.75) is 12.5 Å². The van der Waals surface area contributed by atoms with E-state index >= 15 is 0 Å². The van der Waals surface area contributed by atoms with Gasteiger partial charge in [-0.1, -0.05) is 11.8 Å². The monoisotopic (exact) mass is 175 g/mol. The molecule has 1 aliphatic heterocycles. The molecule has 0 aromatic carbocycles. The number of halogens is 1. The molecule has 0 fully saturated rings. The zero-order chi connectivity index (χ0) is 8.10. The highest BCUT2D eigenvalue weighted by Gasteiger charge is 2.08. The van der Waals surface area contributed by atoms with Crippen LogP contribution in [-0.4, -0.2) is 30.4 Å². The lowest BCUT2D eigenvalue weighted by atomic mass is 10.2. The molecule has 5 heteroatoms. The molecule has 1 rings (SSSR count). The minimum atomic E-state index is -0.345. The van der Waals surface area contributed by atoms with Gasteiger partial charge in [0.15, 0.2) is 5.17 Å². The van der Waals surface area contributed by atoms with Crippen molar-refractivity contribution in [3.63, 3.8) is 0 Å². The van der Waals surface area contributed by atoms with Gasteiger partial charge in [-0.25, -0.2) is 0 Å². The van der Waals surface area contributed by atoms with E-state index in [0.29, 0.717) is 6.42 Å². The third-order valence-corrected chi connectivity index (χ3v) is 1.87. The number of rotatable bonds is 2. The van der Waals surface area contributed by atoms with Gasteiger partial charge in [-0.2, -0.15) is 5.10 Å². The van der Waals surface area contributed by atoms with Gasteiger partial charge >= 0.3 is 0 Å². The molecule has 62 valence electrons. The van der Waals surface area contributed by atoms with Crippen molar-refractivity contribution in [2.24, 2.45) is 10.1 Å². The molecule has 1 N–H and O–H groups in total. The number of amidine groups is 1. The molecule has 0 aromatic heterocycles. The van der Waals surface area contributed by atoms with Gasteiger partial charge in [-0.15, -0.1) is 0 Å². The Morgan fingerprint density at radius 3 is 3.27 bits per heavy atom. The summed E-state index contributed by atoms with van der Waals surface area (Å²) in [5.74, 6) is 0. The second-order valence-electron chi connectivity index (χ2n) is 2.07. The molecule has 1 atom stereocenters. The summed E-state index contributed by atoms with van der Waals surface area (Å²) in [6.07, 6.45) is 3.95. The number of hydrazone groups is 1. The Hall–Kier alpha value is -0.580. The maximum absolute atomic E-state index is 11.9. The SMILES string of the molecule is CSC1=NC(CCF)C=NN1. The molecule has 0 aliphatic carbocycles. The first kappa shape index (κ1) is 8.52. The van der Waals surface area contributed by atoms with Crippen LogP contribution in [0.4, 0.5) is 4.39 Å². The summed E-state index contributed by atoms with van der Waals surface area (Å²) in [4.78, 5) is 4.17. The summed E-state index contributed by atoms with van der Waals surface area (Å²) in [7, 11) is 0. The van der Waals surface area contributed by atoms with Crippen molar-refractivity contribution in [3.05, 3.63) is 0 Å². The van der Waals surface area contributed by atoms with Crippen molar-refractivity contribution in [3.8, 4) is 0 Å². The van der Waals surface area contributed by atoms with E-state index in [1.807, 2.05) is 6.26 Å². The standard InChI is InChI=1S/C6H10FN3S/c1-11-6-9-5(2-3-7)4-8-10-6/h4-5H,2-3H2,1H3,(H,9,10). The van der Waals surface area contributed by atoms with E-state index in [1.165, 1.54) is 11.8 Å². The van der Waals surface area contributed by atoms with Crippen LogP contribution in [0.3, 0.4) is 0 Å². The quantitative estimate of drug-likeness (QED) is 0.680. The maximum Gasteiger partial charge on any atom is 0.177 e. The normalized spacial score (nSPS) is 22.7. The number of alkyl halides is 1.